The van der Waals surface area contributed by atoms with Crippen molar-refractivity contribution in [2.24, 2.45) is 5.92 Å². The molecule has 0 saturated heterocycles. The number of aromatic nitrogens is 5. The summed E-state index contributed by atoms with van der Waals surface area (Å²) >= 11 is 1.29. The summed E-state index contributed by atoms with van der Waals surface area (Å²) in [5, 5.41) is 9.43. The molecule has 240 valence electrons. The summed E-state index contributed by atoms with van der Waals surface area (Å²) in [6.45, 7) is 9.57. The predicted molar refractivity (Wildman–Crippen MR) is 188 cm³/mol. The Morgan fingerprint density at radius 2 is 1.74 bits per heavy atom. The molecule has 0 spiro atoms. The third-order valence-corrected chi connectivity index (χ3v) is 8.52. The van der Waals surface area contributed by atoms with E-state index < -0.39 is 0 Å². The van der Waals surface area contributed by atoms with Gasteiger partial charge in [0, 0.05) is 17.3 Å². The average Bonchev–Trinajstić information content (AvgIpc) is 3.76. The lowest BCUT2D eigenvalue weighted by Gasteiger charge is -2.11. The zero-order valence-corrected chi connectivity index (χ0v) is 28.0. The second kappa shape index (κ2) is 14.0. The molecule has 6 rings (SSSR count). The lowest BCUT2D eigenvalue weighted by molar-refractivity contribution is 0.288. The Morgan fingerprint density at radius 3 is 2.47 bits per heavy atom. The number of methoxy groups -OCH3 is 1. The third-order valence-electron chi connectivity index (χ3n) is 7.56. The third kappa shape index (κ3) is 7.12. The normalized spacial score (nSPS) is 12.1. The van der Waals surface area contributed by atoms with Crippen LogP contribution in [0, 0.1) is 12.8 Å². The van der Waals surface area contributed by atoms with Gasteiger partial charge in [-0.25, -0.2) is 4.68 Å². The van der Waals surface area contributed by atoms with Crippen molar-refractivity contribution < 1.29 is 14.2 Å². The van der Waals surface area contributed by atoms with Crippen LogP contribution in [0.1, 0.15) is 49.7 Å². The lowest BCUT2D eigenvalue weighted by atomic mass is 10.0. The fourth-order valence-corrected chi connectivity index (χ4v) is 5.99. The Hall–Kier alpha value is -5.22. The molecular weight excluding hydrogens is 611 g/mol. The number of nitrogens with zero attached hydrogens (tertiary/aromatic N) is 5. The van der Waals surface area contributed by atoms with Crippen LogP contribution in [0.2, 0.25) is 0 Å². The first kappa shape index (κ1) is 31.7. The van der Waals surface area contributed by atoms with E-state index in [2.05, 4.69) is 30.0 Å². The molecule has 0 amide bonds. The summed E-state index contributed by atoms with van der Waals surface area (Å²) in [6, 6.07) is 21.7. The summed E-state index contributed by atoms with van der Waals surface area (Å²) < 4.78 is 20.8. The Labute approximate surface area is 277 Å². The van der Waals surface area contributed by atoms with Gasteiger partial charge < -0.3 is 14.2 Å². The van der Waals surface area contributed by atoms with Crippen molar-refractivity contribution in [3.63, 3.8) is 0 Å². The van der Waals surface area contributed by atoms with Gasteiger partial charge in [-0.05, 0) is 91.9 Å². The van der Waals surface area contributed by atoms with Gasteiger partial charge in [0.15, 0.2) is 17.3 Å². The Balaban J connectivity index is 1.33. The first-order valence-electron chi connectivity index (χ1n) is 15.6. The molecule has 10 heteroatoms. The summed E-state index contributed by atoms with van der Waals surface area (Å²) in [5.41, 5.74) is 5.12. The molecule has 0 saturated carbocycles. The number of hydrogen-bond acceptors (Lipinski definition) is 8. The molecule has 0 fully saturated rings. The standard InChI is InChI=1S/C37H37N5O4S/c1-6-45-31-15-12-26(21-32(31)44-5)13-17-34-38-37-42(39-34)36(43)33(47-37)22-28-23-41(29-10-8-7-9-11-29)40-35(28)27-14-16-30(25(4)20-27)46-19-18-24(2)3/h7-17,20-24H,6,18-19H2,1-5H3/b17-13+,33-22-. The fraction of sp³-hybridized carbons (Fsp3) is 0.243. The van der Waals surface area contributed by atoms with E-state index in [-0.39, 0.29) is 5.56 Å². The van der Waals surface area contributed by atoms with Crippen molar-refractivity contribution >= 4 is 34.5 Å². The molecule has 0 atom stereocenters. The zero-order valence-electron chi connectivity index (χ0n) is 27.1. The second-order valence-electron chi connectivity index (χ2n) is 11.5. The topological polar surface area (TPSA) is 92.8 Å². The highest BCUT2D eigenvalue weighted by molar-refractivity contribution is 7.15. The van der Waals surface area contributed by atoms with E-state index in [9.17, 15) is 4.79 Å². The smallest absolute Gasteiger partial charge is 0.291 e. The summed E-state index contributed by atoms with van der Waals surface area (Å²) in [7, 11) is 1.61. The maximum absolute atomic E-state index is 13.5. The minimum absolute atomic E-state index is 0.233. The van der Waals surface area contributed by atoms with Crippen LogP contribution in [0.25, 0.3) is 40.1 Å². The van der Waals surface area contributed by atoms with Crippen molar-refractivity contribution in [2.75, 3.05) is 20.3 Å². The summed E-state index contributed by atoms with van der Waals surface area (Å²) in [5.74, 6) is 3.21. The Kier molecular flexibility index (Phi) is 9.49. The number of fused-ring (bicyclic) bond motifs is 1. The number of para-hydroxylation sites is 1. The van der Waals surface area contributed by atoms with Crippen LogP contribution in [0.15, 0.2) is 77.7 Å². The molecule has 0 aliphatic rings. The predicted octanol–water partition coefficient (Wildman–Crippen LogP) is 6.86. The number of ether oxygens (including phenoxy) is 3. The number of aryl methyl sites for hydroxylation is 1. The van der Waals surface area contributed by atoms with E-state index in [4.69, 9.17) is 19.3 Å². The number of benzene rings is 3. The molecule has 0 unspecified atom stereocenters. The van der Waals surface area contributed by atoms with Crippen LogP contribution < -0.4 is 24.3 Å². The van der Waals surface area contributed by atoms with Gasteiger partial charge in [0.1, 0.15) is 11.4 Å². The minimum Gasteiger partial charge on any atom is -0.493 e. The molecule has 3 heterocycles. The van der Waals surface area contributed by atoms with E-state index >= 15 is 0 Å². The Bertz CT molecular complexity index is 2150. The van der Waals surface area contributed by atoms with E-state index in [0.717, 1.165) is 45.8 Å². The maximum atomic E-state index is 13.5. The maximum Gasteiger partial charge on any atom is 0.291 e. The van der Waals surface area contributed by atoms with Crippen LogP contribution in [0.5, 0.6) is 17.2 Å². The van der Waals surface area contributed by atoms with Gasteiger partial charge in [0.05, 0.1) is 30.5 Å². The zero-order chi connectivity index (χ0) is 32.9. The van der Waals surface area contributed by atoms with Crippen molar-refractivity contribution in [3.05, 3.63) is 110 Å². The number of thiazole rings is 1. The lowest BCUT2D eigenvalue weighted by Crippen LogP contribution is -2.23. The Morgan fingerprint density at radius 1 is 0.936 bits per heavy atom. The molecule has 3 aromatic heterocycles. The van der Waals surface area contributed by atoms with E-state index in [0.29, 0.717) is 45.9 Å². The monoisotopic (exact) mass is 647 g/mol. The second-order valence-corrected chi connectivity index (χ2v) is 12.5. The highest BCUT2D eigenvalue weighted by atomic mass is 32.1. The average molecular weight is 648 g/mol. The summed E-state index contributed by atoms with van der Waals surface area (Å²) in [6.07, 6.45) is 8.46. The van der Waals surface area contributed by atoms with E-state index in [1.54, 1.807) is 13.2 Å². The molecule has 0 aliphatic heterocycles. The quantitative estimate of drug-likeness (QED) is 0.143. The van der Waals surface area contributed by atoms with Gasteiger partial charge >= 0.3 is 0 Å². The first-order valence-corrected chi connectivity index (χ1v) is 16.4. The first-order chi connectivity index (χ1) is 22.8. The van der Waals surface area contributed by atoms with Gasteiger partial charge in [-0.1, -0.05) is 55.5 Å². The van der Waals surface area contributed by atoms with Crippen LogP contribution >= 0.6 is 11.3 Å². The van der Waals surface area contributed by atoms with Crippen molar-refractivity contribution in [3.8, 4) is 34.2 Å². The minimum atomic E-state index is -0.233. The molecule has 47 heavy (non-hydrogen) atoms. The molecule has 3 aromatic carbocycles. The van der Waals surface area contributed by atoms with Crippen LogP contribution in [-0.4, -0.2) is 44.7 Å². The molecule has 0 N–H and O–H groups in total. The summed E-state index contributed by atoms with van der Waals surface area (Å²) in [4.78, 5) is 18.6. The van der Waals surface area contributed by atoms with Crippen molar-refractivity contribution in [2.45, 2.75) is 34.1 Å². The molecule has 0 aliphatic carbocycles. The van der Waals surface area contributed by atoms with E-state index in [1.807, 2.05) is 97.5 Å². The van der Waals surface area contributed by atoms with Crippen molar-refractivity contribution in [1.82, 2.24) is 24.4 Å². The number of hydrogen-bond donors (Lipinski definition) is 0. The molecule has 0 radical (unpaired) electrons. The largest absolute Gasteiger partial charge is 0.493 e. The van der Waals surface area contributed by atoms with Crippen LogP contribution in [0.3, 0.4) is 0 Å². The highest BCUT2D eigenvalue weighted by Crippen LogP contribution is 2.30. The molecular formula is C37H37N5O4S. The van der Waals surface area contributed by atoms with Gasteiger partial charge in [0.25, 0.3) is 5.56 Å². The van der Waals surface area contributed by atoms with Crippen LogP contribution in [-0.2, 0) is 0 Å². The van der Waals surface area contributed by atoms with Gasteiger partial charge in [-0.2, -0.15) is 14.6 Å². The van der Waals surface area contributed by atoms with Gasteiger partial charge in [-0.3, -0.25) is 4.79 Å². The molecule has 9 nitrogen and oxygen atoms in total. The molecule has 0 bridgehead atoms. The molecule has 6 aromatic rings. The van der Waals surface area contributed by atoms with E-state index in [1.165, 1.54) is 15.9 Å². The highest BCUT2D eigenvalue weighted by Gasteiger charge is 2.15. The van der Waals surface area contributed by atoms with Crippen LogP contribution in [0.4, 0.5) is 0 Å². The fourth-order valence-electron chi connectivity index (χ4n) is 5.09. The number of rotatable bonds is 12. The van der Waals surface area contributed by atoms with Crippen molar-refractivity contribution in [1.29, 1.82) is 0 Å². The SMILES string of the molecule is CCOc1ccc(/C=C/c2nc3s/c(=C\c4cn(-c5ccccc5)nc4-c4ccc(OCCC(C)C)c(C)c4)c(=O)n3n2)cc1OC. The van der Waals surface area contributed by atoms with Gasteiger partial charge in [-0.15, -0.1) is 5.10 Å². The van der Waals surface area contributed by atoms with Gasteiger partial charge in [0.2, 0.25) is 4.96 Å².